The summed E-state index contributed by atoms with van der Waals surface area (Å²) < 4.78 is 5.22. The van der Waals surface area contributed by atoms with Crippen LogP contribution in [0.2, 0.25) is 0 Å². The largest absolute Gasteiger partial charge is 0.380 e. The van der Waals surface area contributed by atoms with E-state index >= 15 is 0 Å². The van der Waals surface area contributed by atoms with Gasteiger partial charge in [0.05, 0.1) is 18.3 Å². The molecule has 1 heterocycles. The van der Waals surface area contributed by atoms with E-state index in [-0.39, 0.29) is 6.04 Å². The van der Waals surface area contributed by atoms with Crippen molar-refractivity contribution in [3.8, 4) is 0 Å². The number of rotatable bonds is 4. The molecule has 1 rings (SSSR count). The van der Waals surface area contributed by atoms with E-state index < -0.39 is 0 Å². The number of pyridine rings is 1. The molecule has 13 heavy (non-hydrogen) atoms. The van der Waals surface area contributed by atoms with Crippen molar-refractivity contribution in [1.82, 2.24) is 4.98 Å². The van der Waals surface area contributed by atoms with Crippen LogP contribution in [0.15, 0.2) is 18.3 Å². The van der Waals surface area contributed by atoms with E-state index in [1.54, 1.807) is 6.20 Å². The number of aryl methyl sites for hydroxylation is 1. The van der Waals surface area contributed by atoms with Crippen LogP contribution >= 0.6 is 0 Å². The first-order valence-corrected chi connectivity index (χ1v) is 4.50. The highest BCUT2D eigenvalue weighted by molar-refractivity contribution is 5.16. The molecular formula is C10H16N2O. The number of nitrogens with zero attached hydrogens (tertiary/aromatic N) is 1. The lowest BCUT2D eigenvalue weighted by atomic mass is 10.1. The minimum absolute atomic E-state index is 0.111. The molecule has 0 amide bonds. The van der Waals surface area contributed by atoms with E-state index in [4.69, 9.17) is 10.5 Å². The van der Waals surface area contributed by atoms with Crippen LogP contribution in [0.4, 0.5) is 0 Å². The number of ether oxygens (including phenoxy) is 1. The van der Waals surface area contributed by atoms with Gasteiger partial charge >= 0.3 is 0 Å². The lowest BCUT2D eigenvalue weighted by Crippen LogP contribution is -2.18. The molecule has 0 fully saturated rings. The van der Waals surface area contributed by atoms with E-state index in [0.717, 1.165) is 5.69 Å². The summed E-state index contributed by atoms with van der Waals surface area (Å²) in [6.07, 6.45) is 1.77. The summed E-state index contributed by atoms with van der Waals surface area (Å²) in [6, 6.07) is 3.83. The Labute approximate surface area is 78.9 Å². The lowest BCUT2D eigenvalue weighted by molar-refractivity contribution is 0.132. The Morgan fingerprint density at radius 2 is 2.38 bits per heavy atom. The number of aromatic nitrogens is 1. The third-order valence-corrected chi connectivity index (χ3v) is 1.82. The van der Waals surface area contributed by atoms with Gasteiger partial charge in [-0.2, -0.15) is 0 Å². The van der Waals surface area contributed by atoms with Crippen molar-refractivity contribution in [1.29, 1.82) is 0 Å². The summed E-state index contributed by atoms with van der Waals surface area (Å²) in [7, 11) is 0. The molecule has 1 aromatic rings. The first kappa shape index (κ1) is 10.2. The van der Waals surface area contributed by atoms with Crippen LogP contribution in [-0.4, -0.2) is 18.2 Å². The molecule has 0 aliphatic heterocycles. The zero-order valence-corrected chi connectivity index (χ0v) is 8.16. The molecule has 0 radical (unpaired) electrons. The quantitative estimate of drug-likeness (QED) is 0.762. The average molecular weight is 180 g/mol. The Hall–Kier alpha value is -0.930. The first-order valence-electron chi connectivity index (χ1n) is 4.50. The van der Waals surface area contributed by atoms with Crippen LogP contribution in [-0.2, 0) is 4.74 Å². The maximum atomic E-state index is 5.86. The second-order valence-electron chi connectivity index (χ2n) is 3.02. The van der Waals surface area contributed by atoms with Crippen molar-refractivity contribution >= 4 is 0 Å². The Bertz CT molecular complexity index is 263. The van der Waals surface area contributed by atoms with Gasteiger partial charge in [0.1, 0.15) is 0 Å². The molecule has 1 aromatic heterocycles. The number of hydrogen-bond acceptors (Lipinski definition) is 3. The minimum atomic E-state index is -0.111. The SMILES string of the molecule is CCOCC(N)c1cc(C)ccn1. The number of hydrogen-bond donors (Lipinski definition) is 1. The lowest BCUT2D eigenvalue weighted by Gasteiger charge is -2.10. The Kier molecular flexibility index (Phi) is 3.86. The Morgan fingerprint density at radius 3 is 3.00 bits per heavy atom. The molecule has 0 spiro atoms. The zero-order chi connectivity index (χ0) is 9.68. The molecule has 72 valence electrons. The van der Waals surface area contributed by atoms with Gasteiger partial charge in [-0.05, 0) is 31.5 Å². The second kappa shape index (κ2) is 4.94. The van der Waals surface area contributed by atoms with Crippen molar-refractivity contribution in [2.45, 2.75) is 19.9 Å². The highest BCUT2D eigenvalue weighted by Gasteiger charge is 2.06. The summed E-state index contributed by atoms with van der Waals surface area (Å²) in [5.41, 5.74) is 7.94. The van der Waals surface area contributed by atoms with Crippen molar-refractivity contribution in [3.63, 3.8) is 0 Å². The van der Waals surface area contributed by atoms with Gasteiger partial charge in [0, 0.05) is 12.8 Å². The molecular weight excluding hydrogens is 164 g/mol. The Morgan fingerprint density at radius 1 is 1.62 bits per heavy atom. The van der Waals surface area contributed by atoms with Gasteiger partial charge in [-0.15, -0.1) is 0 Å². The summed E-state index contributed by atoms with van der Waals surface area (Å²) in [5, 5.41) is 0. The zero-order valence-electron chi connectivity index (χ0n) is 8.16. The smallest absolute Gasteiger partial charge is 0.0707 e. The van der Waals surface area contributed by atoms with Gasteiger partial charge < -0.3 is 10.5 Å². The third kappa shape index (κ3) is 3.13. The summed E-state index contributed by atoms with van der Waals surface area (Å²) >= 11 is 0. The van der Waals surface area contributed by atoms with E-state index in [2.05, 4.69) is 4.98 Å². The number of nitrogens with two attached hydrogens (primary N) is 1. The highest BCUT2D eigenvalue weighted by Crippen LogP contribution is 2.08. The Balaban J connectivity index is 2.60. The van der Waals surface area contributed by atoms with E-state index in [0.29, 0.717) is 13.2 Å². The minimum Gasteiger partial charge on any atom is -0.380 e. The molecule has 2 N–H and O–H groups in total. The van der Waals surface area contributed by atoms with Crippen LogP contribution < -0.4 is 5.73 Å². The molecule has 1 unspecified atom stereocenters. The van der Waals surface area contributed by atoms with Crippen LogP contribution in [0, 0.1) is 6.92 Å². The van der Waals surface area contributed by atoms with Gasteiger partial charge in [0.15, 0.2) is 0 Å². The predicted octanol–water partition coefficient (Wildman–Crippen LogP) is 1.43. The van der Waals surface area contributed by atoms with Crippen molar-refractivity contribution < 1.29 is 4.74 Å². The molecule has 0 bridgehead atoms. The van der Waals surface area contributed by atoms with Crippen LogP contribution in [0.1, 0.15) is 24.2 Å². The summed E-state index contributed by atoms with van der Waals surface area (Å²) in [6.45, 7) is 5.21. The fraction of sp³-hybridized carbons (Fsp3) is 0.500. The first-order chi connectivity index (χ1) is 6.24. The fourth-order valence-corrected chi connectivity index (χ4v) is 1.09. The maximum Gasteiger partial charge on any atom is 0.0707 e. The van der Waals surface area contributed by atoms with Crippen LogP contribution in [0.25, 0.3) is 0 Å². The van der Waals surface area contributed by atoms with Crippen molar-refractivity contribution in [2.75, 3.05) is 13.2 Å². The van der Waals surface area contributed by atoms with Gasteiger partial charge in [-0.3, -0.25) is 4.98 Å². The molecule has 1 atom stereocenters. The predicted molar refractivity (Wildman–Crippen MR) is 52.4 cm³/mol. The van der Waals surface area contributed by atoms with Crippen molar-refractivity contribution in [3.05, 3.63) is 29.6 Å². The normalized spacial score (nSPS) is 12.8. The fourth-order valence-electron chi connectivity index (χ4n) is 1.09. The van der Waals surface area contributed by atoms with Crippen LogP contribution in [0.5, 0.6) is 0 Å². The summed E-state index contributed by atoms with van der Waals surface area (Å²) in [4.78, 5) is 4.19. The maximum absolute atomic E-state index is 5.86. The van der Waals surface area contributed by atoms with Gasteiger partial charge in [-0.1, -0.05) is 0 Å². The van der Waals surface area contributed by atoms with Gasteiger partial charge in [0.2, 0.25) is 0 Å². The third-order valence-electron chi connectivity index (χ3n) is 1.82. The molecule has 0 aliphatic carbocycles. The second-order valence-corrected chi connectivity index (χ2v) is 3.02. The summed E-state index contributed by atoms with van der Waals surface area (Å²) in [5.74, 6) is 0. The van der Waals surface area contributed by atoms with Crippen molar-refractivity contribution in [2.24, 2.45) is 5.73 Å². The molecule has 3 heteroatoms. The monoisotopic (exact) mass is 180 g/mol. The molecule has 0 aromatic carbocycles. The van der Waals surface area contributed by atoms with Crippen LogP contribution in [0.3, 0.4) is 0 Å². The molecule has 3 nitrogen and oxygen atoms in total. The van der Waals surface area contributed by atoms with Gasteiger partial charge in [-0.25, -0.2) is 0 Å². The highest BCUT2D eigenvalue weighted by atomic mass is 16.5. The standard InChI is InChI=1S/C10H16N2O/c1-3-13-7-9(11)10-6-8(2)4-5-12-10/h4-6,9H,3,7,11H2,1-2H3. The topological polar surface area (TPSA) is 48.1 Å². The van der Waals surface area contributed by atoms with Gasteiger partial charge in [0.25, 0.3) is 0 Å². The molecule has 0 saturated carbocycles. The van der Waals surface area contributed by atoms with E-state index in [1.807, 2.05) is 26.0 Å². The average Bonchev–Trinajstić information content (AvgIpc) is 2.14. The van der Waals surface area contributed by atoms with E-state index in [9.17, 15) is 0 Å². The molecule has 0 aliphatic rings. The van der Waals surface area contributed by atoms with E-state index in [1.165, 1.54) is 5.56 Å². The molecule has 0 saturated heterocycles.